The van der Waals surface area contributed by atoms with Gasteiger partial charge in [0.25, 0.3) is 0 Å². The SMILES string of the molecule is CC(N)(C(=O)NCc1ccncc1)c1ccccc1. The van der Waals surface area contributed by atoms with Crippen LogP contribution in [-0.2, 0) is 16.9 Å². The number of carbonyl (C=O) groups is 1. The number of hydrogen-bond acceptors (Lipinski definition) is 3. The number of nitrogens with zero attached hydrogens (tertiary/aromatic N) is 1. The van der Waals surface area contributed by atoms with E-state index in [1.54, 1.807) is 19.3 Å². The van der Waals surface area contributed by atoms with E-state index in [2.05, 4.69) is 10.3 Å². The largest absolute Gasteiger partial charge is 0.350 e. The number of aromatic nitrogens is 1. The van der Waals surface area contributed by atoms with Gasteiger partial charge in [0, 0.05) is 18.9 Å². The second-order valence-corrected chi connectivity index (χ2v) is 4.61. The molecule has 4 heteroatoms. The lowest BCUT2D eigenvalue weighted by Crippen LogP contribution is -2.48. The Kier molecular flexibility index (Phi) is 3.92. The van der Waals surface area contributed by atoms with Gasteiger partial charge < -0.3 is 11.1 Å². The maximum absolute atomic E-state index is 12.2. The molecule has 0 radical (unpaired) electrons. The first-order valence-electron chi connectivity index (χ1n) is 6.12. The summed E-state index contributed by atoms with van der Waals surface area (Å²) >= 11 is 0. The fraction of sp³-hybridized carbons (Fsp3) is 0.200. The smallest absolute Gasteiger partial charge is 0.244 e. The maximum Gasteiger partial charge on any atom is 0.244 e. The fourth-order valence-corrected chi connectivity index (χ4v) is 1.78. The quantitative estimate of drug-likeness (QED) is 0.871. The second kappa shape index (κ2) is 5.63. The first kappa shape index (κ1) is 13.2. The lowest BCUT2D eigenvalue weighted by molar-refractivity contribution is -0.126. The predicted molar refractivity (Wildman–Crippen MR) is 74.1 cm³/mol. The summed E-state index contributed by atoms with van der Waals surface area (Å²) in [6.45, 7) is 2.16. The van der Waals surface area contributed by atoms with Crippen molar-refractivity contribution >= 4 is 5.91 Å². The number of nitrogens with one attached hydrogen (secondary N) is 1. The van der Waals surface area contributed by atoms with Crippen molar-refractivity contribution in [1.29, 1.82) is 0 Å². The van der Waals surface area contributed by atoms with E-state index in [4.69, 9.17) is 5.73 Å². The molecule has 0 bridgehead atoms. The summed E-state index contributed by atoms with van der Waals surface area (Å²) in [5.74, 6) is -0.199. The zero-order valence-corrected chi connectivity index (χ0v) is 10.8. The standard InChI is InChI=1S/C15H17N3O/c1-15(16,13-5-3-2-4-6-13)14(19)18-11-12-7-9-17-10-8-12/h2-10H,11,16H2,1H3,(H,18,19). The van der Waals surface area contributed by atoms with Crippen LogP contribution in [-0.4, -0.2) is 10.9 Å². The number of benzene rings is 1. The van der Waals surface area contributed by atoms with Crippen molar-refractivity contribution in [3.05, 3.63) is 66.0 Å². The van der Waals surface area contributed by atoms with Gasteiger partial charge in [-0.3, -0.25) is 9.78 Å². The Morgan fingerprint density at radius 3 is 2.47 bits per heavy atom. The van der Waals surface area contributed by atoms with Crippen molar-refractivity contribution in [1.82, 2.24) is 10.3 Å². The first-order valence-corrected chi connectivity index (χ1v) is 6.12. The van der Waals surface area contributed by atoms with Gasteiger partial charge in [0.1, 0.15) is 5.54 Å². The summed E-state index contributed by atoms with van der Waals surface area (Å²) in [4.78, 5) is 16.1. The Morgan fingerprint density at radius 1 is 1.21 bits per heavy atom. The number of hydrogen-bond donors (Lipinski definition) is 2. The van der Waals surface area contributed by atoms with Gasteiger partial charge in [-0.1, -0.05) is 30.3 Å². The van der Waals surface area contributed by atoms with E-state index in [1.807, 2.05) is 42.5 Å². The topological polar surface area (TPSA) is 68.0 Å². The van der Waals surface area contributed by atoms with Gasteiger partial charge >= 0.3 is 0 Å². The van der Waals surface area contributed by atoms with Gasteiger partial charge in [-0.15, -0.1) is 0 Å². The van der Waals surface area contributed by atoms with Crippen LogP contribution in [0.15, 0.2) is 54.9 Å². The van der Waals surface area contributed by atoms with Crippen LogP contribution in [0.3, 0.4) is 0 Å². The van der Waals surface area contributed by atoms with Gasteiger partial charge in [0.2, 0.25) is 5.91 Å². The first-order chi connectivity index (χ1) is 9.10. The molecule has 1 heterocycles. The number of carbonyl (C=O) groups excluding carboxylic acids is 1. The van der Waals surface area contributed by atoms with Crippen LogP contribution in [0, 0.1) is 0 Å². The molecular formula is C15H17N3O. The Labute approximate surface area is 112 Å². The van der Waals surface area contributed by atoms with Crippen LogP contribution in [0.25, 0.3) is 0 Å². The third kappa shape index (κ3) is 3.17. The summed E-state index contributed by atoms with van der Waals surface area (Å²) in [7, 11) is 0. The molecule has 0 fully saturated rings. The minimum absolute atomic E-state index is 0.199. The molecule has 0 aliphatic carbocycles. The van der Waals surface area contributed by atoms with Crippen LogP contribution in [0.1, 0.15) is 18.1 Å². The summed E-state index contributed by atoms with van der Waals surface area (Å²) in [5, 5.41) is 2.85. The summed E-state index contributed by atoms with van der Waals surface area (Å²) < 4.78 is 0. The Bertz CT molecular complexity index is 538. The average Bonchev–Trinajstić information content (AvgIpc) is 2.46. The maximum atomic E-state index is 12.2. The van der Waals surface area contributed by atoms with Gasteiger partial charge in [-0.25, -0.2) is 0 Å². The molecule has 1 unspecified atom stereocenters. The molecule has 4 nitrogen and oxygen atoms in total. The molecule has 0 aliphatic rings. The van der Waals surface area contributed by atoms with E-state index >= 15 is 0 Å². The summed E-state index contributed by atoms with van der Waals surface area (Å²) in [6, 6.07) is 13.1. The van der Waals surface area contributed by atoms with E-state index in [0.717, 1.165) is 11.1 Å². The molecule has 0 saturated heterocycles. The Hall–Kier alpha value is -2.20. The van der Waals surface area contributed by atoms with Crippen LogP contribution in [0.5, 0.6) is 0 Å². The molecule has 1 aromatic carbocycles. The van der Waals surface area contributed by atoms with Crippen molar-refractivity contribution in [3.8, 4) is 0 Å². The van der Waals surface area contributed by atoms with Crippen molar-refractivity contribution in [2.24, 2.45) is 5.73 Å². The average molecular weight is 255 g/mol. The molecular weight excluding hydrogens is 238 g/mol. The highest BCUT2D eigenvalue weighted by Crippen LogP contribution is 2.17. The summed E-state index contributed by atoms with van der Waals surface area (Å²) in [6.07, 6.45) is 3.39. The molecule has 1 atom stereocenters. The molecule has 0 saturated carbocycles. The molecule has 98 valence electrons. The normalized spacial score (nSPS) is 13.6. The van der Waals surface area contributed by atoms with Gasteiger partial charge in [-0.05, 0) is 30.2 Å². The van der Waals surface area contributed by atoms with Crippen molar-refractivity contribution < 1.29 is 4.79 Å². The van der Waals surface area contributed by atoms with Gasteiger partial charge in [-0.2, -0.15) is 0 Å². The third-order valence-electron chi connectivity index (χ3n) is 3.05. The molecule has 1 amide bonds. The van der Waals surface area contributed by atoms with Crippen molar-refractivity contribution in [2.75, 3.05) is 0 Å². The molecule has 2 aromatic rings. The molecule has 3 N–H and O–H groups in total. The third-order valence-corrected chi connectivity index (χ3v) is 3.05. The lowest BCUT2D eigenvalue weighted by Gasteiger charge is -2.24. The second-order valence-electron chi connectivity index (χ2n) is 4.61. The monoisotopic (exact) mass is 255 g/mol. The minimum atomic E-state index is -1.03. The van der Waals surface area contributed by atoms with E-state index in [0.29, 0.717) is 6.54 Å². The van der Waals surface area contributed by atoms with E-state index < -0.39 is 5.54 Å². The highest BCUT2D eigenvalue weighted by molar-refractivity contribution is 5.86. The van der Waals surface area contributed by atoms with E-state index in [9.17, 15) is 4.79 Å². The Balaban J connectivity index is 2.03. The van der Waals surface area contributed by atoms with Gasteiger partial charge in [0.05, 0.1) is 0 Å². The van der Waals surface area contributed by atoms with Crippen LogP contribution in [0.2, 0.25) is 0 Å². The fourth-order valence-electron chi connectivity index (χ4n) is 1.78. The highest BCUT2D eigenvalue weighted by atomic mass is 16.2. The van der Waals surface area contributed by atoms with Crippen LogP contribution < -0.4 is 11.1 Å². The molecule has 0 spiro atoms. The van der Waals surface area contributed by atoms with Crippen molar-refractivity contribution in [3.63, 3.8) is 0 Å². The zero-order valence-electron chi connectivity index (χ0n) is 10.8. The lowest BCUT2D eigenvalue weighted by atomic mass is 9.92. The Morgan fingerprint density at radius 2 is 1.84 bits per heavy atom. The number of nitrogens with two attached hydrogens (primary N) is 1. The number of pyridine rings is 1. The van der Waals surface area contributed by atoms with Gasteiger partial charge in [0.15, 0.2) is 0 Å². The highest BCUT2D eigenvalue weighted by Gasteiger charge is 2.29. The van der Waals surface area contributed by atoms with Crippen molar-refractivity contribution in [2.45, 2.75) is 19.0 Å². The van der Waals surface area contributed by atoms with E-state index in [1.165, 1.54) is 0 Å². The number of rotatable bonds is 4. The summed E-state index contributed by atoms with van der Waals surface area (Å²) in [5.41, 5.74) is 6.87. The predicted octanol–water partition coefficient (Wildman–Crippen LogP) is 1.57. The molecule has 0 aliphatic heterocycles. The molecule has 19 heavy (non-hydrogen) atoms. The van der Waals surface area contributed by atoms with E-state index in [-0.39, 0.29) is 5.91 Å². The van der Waals surface area contributed by atoms with Crippen LogP contribution in [0.4, 0.5) is 0 Å². The number of amides is 1. The zero-order chi connectivity index (χ0) is 13.7. The van der Waals surface area contributed by atoms with Crippen LogP contribution >= 0.6 is 0 Å². The minimum Gasteiger partial charge on any atom is -0.350 e. The molecule has 2 rings (SSSR count). The molecule has 1 aromatic heterocycles.